The van der Waals surface area contributed by atoms with Gasteiger partial charge in [0.25, 0.3) is 0 Å². The summed E-state index contributed by atoms with van der Waals surface area (Å²) in [7, 11) is 0. The van der Waals surface area contributed by atoms with Crippen molar-refractivity contribution in [2.45, 2.75) is 0 Å². The molecule has 0 amide bonds. The number of ketones is 1. The van der Waals surface area contributed by atoms with Gasteiger partial charge in [0.2, 0.25) is 5.78 Å². The van der Waals surface area contributed by atoms with Gasteiger partial charge in [-0.1, -0.05) is 48.5 Å². The van der Waals surface area contributed by atoms with Crippen molar-refractivity contribution < 1.29 is 9.53 Å². The van der Waals surface area contributed by atoms with Crippen LogP contribution in [-0.4, -0.2) is 5.78 Å². The van der Waals surface area contributed by atoms with Gasteiger partial charge in [0, 0.05) is 17.5 Å². The molecule has 4 nitrogen and oxygen atoms in total. The minimum Gasteiger partial charge on any atom is -0.457 e. The molecule has 0 saturated heterocycles. The van der Waals surface area contributed by atoms with Gasteiger partial charge in [-0.05, 0) is 36.4 Å². The lowest BCUT2D eigenvalue weighted by Gasteiger charge is -2.07. The Labute approximate surface area is 152 Å². The minimum atomic E-state index is -0.315. The maximum atomic E-state index is 12.3. The fourth-order valence-corrected chi connectivity index (χ4v) is 2.29. The summed E-state index contributed by atoms with van der Waals surface area (Å²) in [6.07, 6.45) is 1.42. The van der Waals surface area contributed by atoms with Crippen LogP contribution in [0.5, 0.6) is 11.5 Å². The molecule has 3 aromatic rings. The van der Waals surface area contributed by atoms with Gasteiger partial charge >= 0.3 is 0 Å². The quantitative estimate of drug-likeness (QED) is 0.381. The lowest BCUT2D eigenvalue weighted by molar-refractivity contribution is 0.103. The Morgan fingerprint density at radius 2 is 1.42 bits per heavy atom. The molecule has 0 radical (unpaired) electrons. The highest BCUT2D eigenvalue weighted by Crippen LogP contribution is 2.22. The van der Waals surface area contributed by atoms with E-state index in [1.54, 1.807) is 24.3 Å². The van der Waals surface area contributed by atoms with Crippen molar-refractivity contribution >= 4 is 11.5 Å². The van der Waals surface area contributed by atoms with Gasteiger partial charge in [-0.25, -0.2) is 0 Å². The number of carbonyl (C=O) groups is 1. The molecule has 0 heterocycles. The number of allylic oxidation sites excluding steroid dienone is 1. The van der Waals surface area contributed by atoms with Crippen molar-refractivity contribution in [3.05, 3.63) is 102 Å². The summed E-state index contributed by atoms with van der Waals surface area (Å²) in [4.78, 5) is 12.3. The number of Topliss-reactive ketones (excluding diaryl/α,β-unsaturated/α-hetero) is 1. The molecule has 4 heteroatoms. The highest BCUT2D eigenvalue weighted by Gasteiger charge is 2.11. The standard InChI is InChI=1S/C22H16N2O2/c23-15-18(22(25)17-7-3-1-4-8-17)16-24-19-11-13-21(14-12-19)26-20-9-5-2-6-10-20/h1-14,16,24H/b18-16+. The topological polar surface area (TPSA) is 62.1 Å². The minimum absolute atomic E-state index is 0.0424. The van der Waals surface area contributed by atoms with E-state index < -0.39 is 0 Å². The van der Waals surface area contributed by atoms with E-state index >= 15 is 0 Å². The van der Waals surface area contributed by atoms with E-state index in [1.807, 2.05) is 66.7 Å². The largest absolute Gasteiger partial charge is 0.457 e. The van der Waals surface area contributed by atoms with Gasteiger partial charge in [-0.15, -0.1) is 0 Å². The van der Waals surface area contributed by atoms with E-state index in [2.05, 4.69) is 5.32 Å². The normalized spacial score (nSPS) is 10.7. The molecule has 0 aliphatic carbocycles. The Morgan fingerprint density at radius 1 is 0.846 bits per heavy atom. The smallest absolute Gasteiger partial charge is 0.205 e. The molecule has 0 bridgehead atoms. The monoisotopic (exact) mass is 340 g/mol. The number of carbonyl (C=O) groups excluding carboxylic acids is 1. The lowest BCUT2D eigenvalue weighted by Crippen LogP contribution is -2.04. The number of para-hydroxylation sites is 1. The summed E-state index contributed by atoms with van der Waals surface area (Å²) < 4.78 is 5.73. The summed E-state index contributed by atoms with van der Waals surface area (Å²) in [6.45, 7) is 0. The zero-order chi connectivity index (χ0) is 18.2. The van der Waals surface area contributed by atoms with Gasteiger partial charge in [-0.2, -0.15) is 5.26 Å². The number of benzene rings is 3. The lowest BCUT2D eigenvalue weighted by atomic mass is 10.1. The van der Waals surface area contributed by atoms with E-state index in [4.69, 9.17) is 4.74 Å². The van der Waals surface area contributed by atoms with Crippen molar-refractivity contribution in [1.82, 2.24) is 0 Å². The van der Waals surface area contributed by atoms with Crippen molar-refractivity contribution in [2.75, 3.05) is 5.32 Å². The third kappa shape index (κ3) is 4.37. The van der Waals surface area contributed by atoms with E-state index in [1.165, 1.54) is 6.20 Å². The number of anilines is 1. The summed E-state index contributed by atoms with van der Waals surface area (Å²) in [6, 6.07) is 27.4. The summed E-state index contributed by atoms with van der Waals surface area (Å²) in [5.41, 5.74) is 1.27. The molecule has 0 fully saturated rings. The first-order valence-electron chi connectivity index (χ1n) is 8.06. The van der Waals surface area contributed by atoms with Crippen molar-refractivity contribution in [2.24, 2.45) is 0 Å². The van der Waals surface area contributed by atoms with Crippen LogP contribution in [0.1, 0.15) is 10.4 Å². The zero-order valence-corrected chi connectivity index (χ0v) is 13.9. The van der Waals surface area contributed by atoms with Crippen LogP contribution in [0.3, 0.4) is 0 Å². The fourth-order valence-electron chi connectivity index (χ4n) is 2.29. The molecule has 0 aliphatic heterocycles. The highest BCUT2D eigenvalue weighted by atomic mass is 16.5. The number of hydrogen-bond donors (Lipinski definition) is 1. The molecule has 3 aromatic carbocycles. The number of ether oxygens (including phenoxy) is 1. The number of nitriles is 1. The van der Waals surface area contributed by atoms with Crippen LogP contribution in [0.2, 0.25) is 0 Å². The molecule has 0 unspecified atom stereocenters. The fraction of sp³-hybridized carbons (Fsp3) is 0. The van der Waals surface area contributed by atoms with Crippen molar-refractivity contribution in [3.8, 4) is 17.6 Å². The van der Waals surface area contributed by atoms with E-state index in [0.717, 1.165) is 11.4 Å². The predicted octanol–water partition coefficient (Wildman–Crippen LogP) is 5.18. The van der Waals surface area contributed by atoms with Crippen LogP contribution in [0.4, 0.5) is 5.69 Å². The molecule has 26 heavy (non-hydrogen) atoms. The van der Waals surface area contributed by atoms with E-state index in [9.17, 15) is 10.1 Å². The zero-order valence-electron chi connectivity index (χ0n) is 13.9. The molecule has 0 aliphatic rings. The Hall–Kier alpha value is -3.84. The first-order valence-corrected chi connectivity index (χ1v) is 8.06. The summed E-state index contributed by atoms with van der Waals surface area (Å²) in [5, 5.41) is 12.2. The summed E-state index contributed by atoms with van der Waals surface area (Å²) in [5.74, 6) is 1.14. The third-order valence-electron chi connectivity index (χ3n) is 3.62. The van der Waals surface area contributed by atoms with Gasteiger partial charge in [0.05, 0.1) is 0 Å². The molecule has 1 N–H and O–H groups in total. The Kier molecular flexibility index (Phi) is 5.44. The maximum absolute atomic E-state index is 12.3. The van der Waals surface area contributed by atoms with Crippen LogP contribution in [0, 0.1) is 11.3 Å². The molecule has 0 saturated carbocycles. The SMILES string of the molecule is N#C/C(=C\Nc1ccc(Oc2ccccc2)cc1)C(=O)c1ccccc1. The number of hydrogen-bond acceptors (Lipinski definition) is 4. The molecular weight excluding hydrogens is 324 g/mol. The average molecular weight is 340 g/mol. The highest BCUT2D eigenvalue weighted by molar-refractivity contribution is 6.11. The second-order valence-corrected chi connectivity index (χ2v) is 5.45. The molecule has 3 rings (SSSR count). The maximum Gasteiger partial charge on any atom is 0.205 e. The third-order valence-corrected chi connectivity index (χ3v) is 3.62. The number of rotatable bonds is 6. The molecule has 126 valence electrons. The molecular formula is C22H16N2O2. The average Bonchev–Trinajstić information content (AvgIpc) is 2.71. The Bertz CT molecular complexity index is 941. The van der Waals surface area contributed by atoms with Crippen molar-refractivity contribution in [3.63, 3.8) is 0 Å². The van der Waals surface area contributed by atoms with E-state index in [-0.39, 0.29) is 11.4 Å². The van der Waals surface area contributed by atoms with Crippen LogP contribution in [-0.2, 0) is 0 Å². The van der Waals surface area contributed by atoms with Gasteiger partial charge in [0.15, 0.2) is 0 Å². The molecule has 0 spiro atoms. The second kappa shape index (κ2) is 8.32. The van der Waals surface area contributed by atoms with Crippen LogP contribution >= 0.6 is 0 Å². The molecule has 0 atom stereocenters. The first kappa shape index (κ1) is 17.0. The van der Waals surface area contributed by atoms with Crippen LogP contribution in [0.25, 0.3) is 0 Å². The number of nitrogens with zero attached hydrogens (tertiary/aromatic N) is 1. The molecule has 0 aromatic heterocycles. The number of nitrogens with one attached hydrogen (secondary N) is 1. The van der Waals surface area contributed by atoms with E-state index in [0.29, 0.717) is 11.3 Å². The van der Waals surface area contributed by atoms with Crippen LogP contribution < -0.4 is 10.1 Å². The first-order chi connectivity index (χ1) is 12.8. The van der Waals surface area contributed by atoms with Crippen LogP contribution in [0.15, 0.2) is 96.7 Å². The van der Waals surface area contributed by atoms with Gasteiger partial charge < -0.3 is 10.1 Å². The predicted molar refractivity (Wildman–Crippen MR) is 101 cm³/mol. The Balaban J connectivity index is 1.67. The van der Waals surface area contributed by atoms with Crippen molar-refractivity contribution in [1.29, 1.82) is 5.26 Å². The second-order valence-electron chi connectivity index (χ2n) is 5.45. The van der Waals surface area contributed by atoms with Gasteiger partial charge in [0.1, 0.15) is 23.1 Å². The van der Waals surface area contributed by atoms with Gasteiger partial charge in [-0.3, -0.25) is 4.79 Å². The Morgan fingerprint density at radius 3 is 2.04 bits per heavy atom. The summed E-state index contributed by atoms with van der Waals surface area (Å²) >= 11 is 0.